The zero-order valence-electron chi connectivity index (χ0n) is 12.6. The molecule has 0 bridgehead atoms. The highest BCUT2D eigenvalue weighted by atomic mass is 16.4. The molecule has 2 amide bonds. The van der Waals surface area contributed by atoms with Crippen LogP contribution in [0, 0.1) is 5.41 Å². The normalized spacial score (nSPS) is 10.9. The van der Waals surface area contributed by atoms with Crippen LogP contribution in [-0.2, 0) is 4.79 Å². The Bertz CT molecular complexity index is 547. The molecule has 0 saturated carbocycles. The second-order valence-corrected chi connectivity index (χ2v) is 5.65. The van der Waals surface area contributed by atoms with Gasteiger partial charge in [0.2, 0.25) is 0 Å². The minimum Gasteiger partial charge on any atom is -0.481 e. The molecule has 0 atom stereocenters. The number of carboxylic acid groups (broad SMARTS) is 1. The number of hydrogen-bond donors (Lipinski definition) is 2. The zero-order valence-corrected chi connectivity index (χ0v) is 12.6. The molecule has 114 valence electrons. The van der Waals surface area contributed by atoms with E-state index in [9.17, 15) is 14.4 Å². The van der Waals surface area contributed by atoms with Crippen molar-refractivity contribution in [1.82, 2.24) is 10.2 Å². The highest BCUT2D eigenvalue weighted by molar-refractivity contribution is 5.97. The summed E-state index contributed by atoms with van der Waals surface area (Å²) in [7, 11) is 3.30. The van der Waals surface area contributed by atoms with Gasteiger partial charge in [-0.25, -0.2) is 0 Å². The first-order valence-electron chi connectivity index (χ1n) is 6.48. The van der Waals surface area contributed by atoms with Gasteiger partial charge < -0.3 is 15.3 Å². The standard InChI is InChI=1S/C15H20N2O4/c1-15(2,14(20)21)9-16-12(18)10-5-7-11(8-6-10)13(19)17(3)4/h5-8H,9H2,1-4H3,(H,16,18)(H,20,21). The Balaban J connectivity index is 2.72. The fraction of sp³-hybridized carbons (Fsp3) is 0.400. The third kappa shape index (κ3) is 4.30. The van der Waals surface area contributed by atoms with Gasteiger partial charge in [-0.2, -0.15) is 0 Å². The van der Waals surface area contributed by atoms with Crippen molar-refractivity contribution >= 4 is 17.8 Å². The van der Waals surface area contributed by atoms with Gasteiger partial charge in [0.05, 0.1) is 5.41 Å². The van der Waals surface area contributed by atoms with Crippen molar-refractivity contribution in [1.29, 1.82) is 0 Å². The highest BCUT2D eigenvalue weighted by Gasteiger charge is 2.27. The number of nitrogens with zero attached hydrogens (tertiary/aromatic N) is 1. The first-order valence-corrected chi connectivity index (χ1v) is 6.48. The van der Waals surface area contributed by atoms with Crippen LogP contribution >= 0.6 is 0 Å². The quantitative estimate of drug-likeness (QED) is 0.854. The Morgan fingerprint density at radius 3 is 2.00 bits per heavy atom. The Morgan fingerprint density at radius 2 is 1.57 bits per heavy atom. The highest BCUT2D eigenvalue weighted by Crippen LogP contribution is 2.14. The van der Waals surface area contributed by atoms with Crippen LogP contribution in [0.5, 0.6) is 0 Å². The van der Waals surface area contributed by atoms with Crippen LogP contribution < -0.4 is 5.32 Å². The first-order chi connectivity index (χ1) is 9.65. The Hall–Kier alpha value is -2.37. The number of amides is 2. The molecule has 0 saturated heterocycles. The summed E-state index contributed by atoms with van der Waals surface area (Å²) >= 11 is 0. The lowest BCUT2D eigenvalue weighted by Crippen LogP contribution is -2.38. The van der Waals surface area contributed by atoms with Gasteiger partial charge in [0, 0.05) is 31.8 Å². The van der Waals surface area contributed by atoms with Gasteiger partial charge in [0.15, 0.2) is 0 Å². The van der Waals surface area contributed by atoms with Gasteiger partial charge in [-0.1, -0.05) is 0 Å². The summed E-state index contributed by atoms with van der Waals surface area (Å²) in [4.78, 5) is 36.1. The number of rotatable bonds is 5. The van der Waals surface area contributed by atoms with E-state index in [0.29, 0.717) is 11.1 Å². The molecule has 0 aliphatic rings. The summed E-state index contributed by atoms with van der Waals surface area (Å²) < 4.78 is 0. The van der Waals surface area contributed by atoms with Crippen molar-refractivity contribution in [2.24, 2.45) is 5.41 Å². The predicted octanol–water partition coefficient (Wildman–Crippen LogP) is 1.23. The number of carbonyl (C=O) groups excluding carboxylic acids is 2. The average Bonchev–Trinajstić information content (AvgIpc) is 2.44. The summed E-state index contributed by atoms with van der Waals surface area (Å²) in [5, 5.41) is 11.6. The van der Waals surface area contributed by atoms with E-state index in [0.717, 1.165) is 0 Å². The van der Waals surface area contributed by atoms with Crippen molar-refractivity contribution in [3.05, 3.63) is 35.4 Å². The number of carboxylic acids is 1. The lowest BCUT2D eigenvalue weighted by Gasteiger charge is -2.19. The topological polar surface area (TPSA) is 86.7 Å². The van der Waals surface area contributed by atoms with Crippen molar-refractivity contribution in [3.8, 4) is 0 Å². The zero-order chi connectivity index (χ0) is 16.2. The molecule has 21 heavy (non-hydrogen) atoms. The fourth-order valence-electron chi connectivity index (χ4n) is 1.50. The summed E-state index contributed by atoms with van der Waals surface area (Å²) in [5.41, 5.74) is -0.162. The fourth-order valence-corrected chi connectivity index (χ4v) is 1.50. The lowest BCUT2D eigenvalue weighted by molar-refractivity contribution is -0.146. The first kappa shape index (κ1) is 16.7. The second kappa shape index (κ2) is 6.39. The molecule has 2 N–H and O–H groups in total. The second-order valence-electron chi connectivity index (χ2n) is 5.65. The van der Waals surface area contributed by atoms with Gasteiger partial charge in [0.1, 0.15) is 0 Å². The van der Waals surface area contributed by atoms with E-state index in [1.54, 1.807) is 38.4 Å². The molecular weight excluding hydrogens is 272 g/mol. The van der Waals surface area contributed by atoms with Crippen LogP contribution in [0.1, 0.15) is 34.6 Å². The number of hydrogen-bond acceptors (Lipinski definition) is 3. The van der Waals surface area contributed by atoms with Gasteiger partial charge in [-0.05, 0) is 38.1 Å². The van der Waals surface area contributed by atoms with E-state index in [-0.39, 0.29) is 18.4 Å². The lowest BCUT2D eigenvalue weighted by atomic mass is 9.94. The van der Waals surface area contributed by atoms with Crippen LogP contribution in [-0.4, -0.2) is 48.4 Å². The van der Waals surface area contributed by atoms with E-state index >= 15 is 0 Å². The van der Waals surface area contributed by atoms with E-state index in [2.05, 4.69) is 5.32 Å². The Labute approximate surface area is 123 Å². The molecule has 0 fully saturated rings. The van der Waals surface area contributed by atoms with E-state index in [4.69, 9.17) is 5.11 Å². The molecule has 1 aromatic carbocycles. The molecule has 0 aromatic heterocycles. The average molecular weight is 292 g/mol. The molecule has 6 heteroatoms. The number of carbonyl (C=O) groups is 3. The van der Waals surface area contributed by atoms with E-state index in [1.165, 1.54) is 18.7 Å². The van der Waals surface area contributed by atoms with Crippen LogP contribution in [0.2, 0.25) is 0 Å². The SMILES string of the molecule is CN(C)C(=O)c1ccc(C(=O)NCC(C)(C)C(=O)O)cc1. The van der Waals surface area contributed by atoms with Crippen molar-refractivity contribution in [3.63, 3.8) is 0 Å². The van der Waals surface area contributed by atoms with Gasteiger partial charge in [-0.15, -0.1) is 0 Å². The third-order valence-electron chi connectivity index (χ3n) is 3.07. The van der Waals surface area contributed by atoms with Crippen molar-refractivity contribution in [2.45, 2.75) is 13.8 Å². The molecule has 0 heterocycles. The van der Waals surface area contributed by atoms with Crippen molar-refractivity contribution in [2.75, 3.05) is 20.6 Å². The monoisotopic (exact) mass is 292 g/mol. The smallest absolute Gasteiger partial charge is 0.310 e. The van der Waals surface area contributed by atoms with E-state index in [1.807, 2.05) is 0 Å². The predicted molar refractivity (Wildman–Crippen MR) is 78.2 cm³/mol. The molecular formula is C15H20N2O4. The number of benzene rings is 1. The molecule has 0 aliphatic heterocycles. The Morgan fingerprint density at radius 1 is 1.10 bits per heavy atom. The molecule has 0 radical (unpaired) electrons. The maximum absolute atomic E-state index is 11.9. The molecule has 0 spiro atoms. The van der Waals surface area contributed by atoms with Gasteiger partial charge >= 0.3 is 5.97 Å². The van der Waals surface area contributed by atoms with Crippen LogP contribution in [0.4, 0.5) is 0 Å². The maximum Gasteiger partial charge on any atom is 0.310 e. The molecule has 1 rings (SSSR count). The largest absolute Gasteiger partial charge is 0.481 e. The molecule has 6 nitrogen and oxygen atoms in total. The van der Waals surface area contributed by atoms with Gasteiger partial charge in [0.25, 0.3) is 11.8 Å². The van der Waals surface area contributed by atoms with Crippen LogP contribution in [0.25, 0.3) is 0 Å². The molecule has 1 aromatic rings. The van der Waals surface area contributed by atoms with E-state index < -0.39 is 11.4 Å². The maximum atomic E-state index is 11.9. The Kier molecular flexibility index (Phi) is 5.07. The third-order valence-corrected chi connectivity index (χ3v) is 3.07. The summed E-state index contributed by atoms with van der Waals surface area (Å²) in [6, 6.07) is 6.22. The summed E-state index contributed by atoms with van der Waals surface area (Å²) in [6.45, 7) is 3.10. The number of nitrogens with one attached hydrogen (secondary N) is 1. The summed E-state index contributed by atoms with van der Waals surface area (Å²) in [6.07, 6.45) is 0. The summed E-state index contributed by atoms with van der Waals surface area (Å²) in [5.74, 6) is -1.49. The van der Waals surface area contributed by atoms with Crippen LogP contribution in [0.3, 0.4) is 0 Å². The van der Waals surface area contributed by atoms with Crippen LogP contribution in [0.15, 0.2) is 24.3 Å². The minimum absolute atomic E-state index is 0.0273. The minimum atomic E-state index is -1.03. The molecule has 0 aliphatic carbocycles. The number of aliphatic carboxylic acids is 1. The van der Waals surface area contributed by atoms with Gasteiger partial charge in [-0.3, -0.25) is 14.4 Å². The van der Waals surface area contributed by atoms with Crippen molar-refractivity contribution < 1.29 is 19.5 Å². The molecule has 0 unspecified atom stereocenters.